The van der Waals surface area contributed by atoms with Gasteiger partial charge in [-0.25, -0.2) is 4.39 Å². The van der Waals surface area contributed by atoms with Crippen molar-refractivity contribution in [3.63, 3.8) is 0 Å². The first-order chi connectivity index (χ1) is 7.86. The van der Waals surface area contributed by atoms with Crippen LogP contribution in [0.15, 0.2) is 48.5 Å². The van der Waals surface area contributed by atoms with E-state index in [9.17, 15) is 4.39 Å². The van der Waals surface area contributed by atoms with Crippen LogP contribution in [0, 0.1) is 11.9 Å². The van der Waals surface area contributed by atoms with Crippen molar-refractivity contribution in [1.29, 1.82) is 0 Å². The van der Waals surface area contributed by atoms with Gasteiger partial charge in [0.2, 0.25) is 0 Å². The van der Waals surface area contributed by atoms with E-state index in [1.165, 1.54) is 6.07 Å². The Morgan fingerprint density at radius 2 is 1.81 bits per heavy atom. The van der Waals surface area contributed by atoms with Crippen LogP contribution >= 0.6 is 0 Å². The van der Waals surface area contributed by atoms with Crippen molar-refractivity contribution in [3.05, 3.63) is 66.0 Å². The number of ether oxygens (including phenoxy) is 1. The summed E-state index contributed by atoms with van der Waals surface area (Å²) in [6.07, 6.45) is 0.575. The molecule has 2 heteroatoms. The van der Waals surface area contributed by atoms with Crippen molar-refractivity contribution in [2.45, 2.75) is 6.42 Å². The zero-order valence-electron chi connectivity index (χ0n) is 8.82. The molecule has 0 spiro atoms. The molecule has 0 fully saturated rings. The van der Waals surface area contributed by atoms with Crippen molar-refractivity contribution in [3.8, 4) is 5.75 Å². The van der Waals surface area contributed by atoms with Gasteiger partial charge in [-0.3, -0.25) is 0 Å². The lowest BCUT2D eigenvalue weighted by atomic mass is 10.1. The van der Waals surface area contributed by atoms with Gasteiger partial charge >= 0.3 is 0 Å². The van der Waals surface area contributed by atoms with E-state index in [4.69, 9.17) is 4.74 Å². The van der Waals surface area contributed by atoms with Gasteiger partial charge < -0.3 is 4.74 Å². The van der Waals surface area contributed by atoms with E-state index in [-0.39, 0.29) is 5.82 Å². The maximum Gasteiger partial charge on any atom is 0.126 e. The summed E-state index contributed by atoms with van der Waals surface area (Å²) in [6, 6.07) is 16.9. The van der Waals surface area contributed by atoms with Gasteiger partial charge in [-0.15, -0.1) is 0 Å². The first kappa shape index (κ1) is 10.7. The standard InChI is InChI=1S/C14H12FO/c15-14-9-5-4-6-12(14)10-11-16-13-7-2-1-3-8-13/h2-9H,10-11H2. The number of rotatable bonds is 4. The van der Waals surface area contributed by atoms with Gasteiger partial charge in [-0.05, 0) is 29.8 Å². The molecule has 0 amide bonds. The molecule has 0 aromatic heterocycles. The van der Waals surface area contributed by atoms with Crippen LogP contribution in [0.25, 0.3) is 0 Å². The number of halogens is 1. The van der Waals surface area contributed by atoms with Crippen LogP contribution in [-0.4, -0.2) is 6.61 Å². The molecular formula is C14H12FO. The van der Waals surface area contributed by atoms with Gasteiger partial charge in [-0.2, -0.15) is 0 Å². The Hall–Kier alpha value is -1.83. The summed E-state index contributed by atoms with van der Waals surface area (Å²) < 4.78 is 18.7. The van der Waals surface area contributed by atoms with Crippen molar-refractivity contribution >= 4 is 0 Å². The molecule has 2 aromatic rings. The monoisotopic (exact) mass is 215 g/mol. The molecule has 1 radical (unpaired) electrons. The summed E-state index contributed by atoms with van der Waals surface area (Å²) in [5, 5.41) is 0. The Labute approximate surface area is 94.5 Å². The number of hydrogen-bond donors (Lipinski definition) is 0. The molecule has 2 rings (SSSR count). The Balaban J connectivity index is 1.87. The average Bonchev–Trinajstić information content (AvgIpc) is 2.33. The molecule has 0 aliphatic rings. The third-order valence-corrected chi connectivity index (χ3v) is 2.29. The topological polar surface area (TPSA) is 9.23 Å². The van der Waals surface area contributed by atoms with E-state index in [1.807, 2.05) is 18.2 Å². The highest BCUT2D eigenvalue weighted by molar-refractivity contribution is 5.21. The third-order valence-electron chi connectivity index (χ3n) is 2.29. The van der Waals surface area contributed by atoms with E-state index in [1.54, 1.807) is 24.3 Å². The fourth-order valence-corrected chi connectivity index (χ4v) is 1.45. The van der Waals surface area contributed by atoms with Crippen LogP contribution in [0.3, 0.4) is 0 Å². The number of hydrogen-bond acceptors (Lipinski definition) is 1. The van der Waals surface area contributed by atoms with Gasteiger partial charge in [-0.1, -0.05) is 30.3 Å². The summed E-state index contributed by atoms with van der Waals surface area (Å²) in [5.74, 6) is 0.614. The lowest BCUT2D eigenvalue weighted by molar-refractivity contribution is 0.320. The van der Waals surface area contributed by atoms with Gasteiger partial charge in [0.1, 0.15) is 11.6 Å². The molecule has 0 N–H and O–H groups in total. The van der Waals surface area contributed by atoms with Crippen LogP contribution in [0.4, 0.5) is 4.39 Å². The first-order valence-corrected chi connectivity index (χ1v) is 5.18. The quantitative estimate of drug-likeness (QED) is 0.760. The Kier molecular flexibility index (Phi) is 3.54. The van der Waals surface area contributed by atoms with Crippen LogP contribution in [-0.2, 0) is 6.42 Å². The van der Waals surface area contributed by atoms with E-state index in [0.717, 1.165) is 5.75 Å². The fraction of sp³-hybridized carbons (Fsp3) is 0.143. The molecule has 16 heavy (non-hydrogen) atoms. The van der Waals surface area contributed by atoms with Crippen molar-refractivity contribution in [2.24, 2.45) is 0 Å². The van der Waals surface area contributed by atoms with E-state index >= 15 is 0 Å². The second-order valence-corrected chi connectivity index (χ2v) is 3.43. The molecular weight excluding hydrogens is 203 g/mol. The minimum Gasteiger partial charge on any atom is -0.493 e. The third kappa shape index (κ3) is 2.83. The van der Waals surface area contributed by atoms with Gasteiger partial charge in [0.15, 0.2) is 0 Å². The smallest absolute Gasteiger partial charge is 0.126 e. The second kappa shape index (κ2) is 5.31. The maximum atomic E-state index is 13.3. The summed E-state index contributed by atoms with van der Waals surface area (Å²) in [7, 11) is 0. The zero-order chi connectivity index (χ0) is 11.2. The van der Waals surface area contributed by atoms with Crippen molar-refractivity contribution in [2.75, 3.05) is 6.61 Å². The van der Waals surface area contributed by atoms with Crippen LogP contribution in [0.1, 0.15) is 5.56 Å². The Bertz CT molecular complexity index is 439. The molecule has 0 atom stereocenters. The van der Waals surface area contributed by atoms with Crippen molar-refractivity contribution < 1.29 is 9.13 Å². The molecule has 81 valence electrons. The number of benzene rings is 2. The molecule has 0 saturated heterocycles. The predicted octanol–water partition coefficient (Wildman–Crippen LogP) is 3.25. The van der Waals surface area contributed by atoms with Gasteiger partial charge in [0, 0.05) is 6.42 Å². The van der Waals surface area contributed by atoms with Gasteiger partial charge in [0.25, 0.3) is 0 Å². The van der Waals surface area contributed by atoms with Crippen LogP contribution < -0.4 is 4.74 Å². The average molecular weight is 215 g/mol. The second-order valence-electron chi connectivity index (χ2n) is 3.43. The highest BCUT2D eigenvalue weighted by atomic mass is 19.1. The van der Waals surface area contributed by atoms with E-state index in [2.05, 4.69) is 6.07 Å². The van der Waals surface area contributed by atoms with Crippen LogP contribution in [0.2, 0.25) is 0 Å². The lowest BCUT2D eigenvalue weighted by Gasteiger charge is -2.06. The normalized spacial score (nSPS) is 10.1. The largest absolute Gasteiger partial charge is 0.493 e. The fourth-order valence-electron chi connectivity index (χ4n) is 1.45. The Morgan fingerprint density at radius 3 is 2.56 bits per heavy atom. The summed E-state index contributed by atoms with van der Waals surface area (Å²) >= 11 is 0. The first-order valence-electron chi connectivity index (χ1n) is 5.18. The summed E-state index contributed by atoms with van der Waals surface area (Å²) in [4.78, 5) is 0. The highest BCUT2D eigenvalue weighted by Crippen LogP contribution is 2.10. The minimum absolute atomic E-state index is 0.174. The molecule has 0 bridgehead atoms. The predicted molar refractivity (Wildman–Crippen MR) is 60.9 cm³/mol. The summed E-state index contributed by atoms with van der Waals surface area (Å²) in [5.41, 5.74) is 0.685. The van der Waals surface area contributed by atoms with Gasteiger partial charge in [0.05, 0.1) is 6.61 Å². The highest BCUT2D eigenvalue weighted by Gasteiger charge is 2.00. The van der Waals surface area contributed by atoms with Crippen molar-refractivity contribution in [1.82, 2.24) is 0 Å². The summed E-state index contributed by atoms with van der Waals surface area (Å²) in [6.45, 7) is 0.477. The molecule has 2 aromatic carbocycles. The van der Waals surface area contributed by atoms with E-state index in [0.29, 0.717) is 18.6 Å². The molecule has 0 aliphatic carbocycles. The molecule has 1 nitrogen and oxygen atoms in total. The zero-order valence-corrected chi connectivity index (χ0v) is 8.82. The van der Waals surface area contributed by atoms with E-state index < -0.39 is 0 Å². The molecule has 0 heterocycles. The SMILES string of the molecule is Fc1ccccc1CCOc1cc[c]cc1. The molecule has 0 saturated carbocycles. The minimum atomic E-state index is -0.174. The molecule has 0 unspecified atom stereocenters. The molecule has 0 aliphatic heterocycles. The lowest BCUT2D eigenvalue weighted by Crippen LogP contribution is -2.02. The maximum absolute atomic E-state index is 13.3. The van der Waals surface area contributed by atoms with Crippen LogP contribution in [0.5, 0.6) is 5.75 Å². The Morgan fingerprint density at radius 1 is 1.06 bits per heavy atom.